The molecule has 3 N–H and O–H groups in total. The summed E-state index contributed by atoms with van der Waals surface area (Å²) in [7, 11) is 0. The van der Waals surface area contributed by atoms with E-state index >= 15 is 0 Å². The number of aliphatic hydroxyl groups is 1. The lowest BCUT2D eigenvalue weighted by atomic mass is 9.95. The molecule has 9 heteroatoms. The summed E-state index contributed by atoms with van der Waals surface area (Å²) >= 11 is 0. The van der Waals surface area contributed by atoms with E-state index in [9.17, 15) is 14.3 Å². The third-order valence-corrected chi connectivity index (χ3v) is 6.07. The van der Waals surface area contributed by atoms with Crippen LogP contribution in [0.2, 0.25) is 0 Å². The lowest BCUT2D eigenvalue weighted by molar-refractivity contribution is 0.0691. The number of nitrogens with zero attached hydrogens (tertiary/aromatic N) is 3. The van der Waals surface area contributed by atoms with Gasteiger partial charge in [0.15, 0.2) is 0 Å². The summed E-state index contributed by atoms with van der Waals surface area (Å²) in [6.07, 6.45) is 3.74. The van der Waals surface area contributed by atoms with Crippen molar-refractivity contribution in [2.75, 3.05) is 6.61 Å². The van der Waals surface area contributed by atoms with Gasteiger partial charge in [-0.2, -0.15) is 0 Å². The molecule has 0 saturated heterocycles. The van der Waals surface area contributed by atoms with Crippen molar-refractivity contribution in [2.45, 2.75) is 52.2 Å². The number of hydrogen-bond donors (Lipinski definition) is 3. The number of carbonyl (C=O) groups is 1. The summed E-state index contributed by atoms with van der Waals surface area (Å²) in [5.74, 6) is -0.446. The van der Waals surface area contributed by atoms with E-state index in [0.717, 1.165) is 5.56 Å². The highest BCUT2D eigenvalue weighted by Gasteiger charge is 2.29. The van der Waals surface area contributed by atoms with Crippen LogP contribution in [0.4, 0.5) is 4.39 Å². The zero-order valence-electron chi connectivity index (χ0n) is 19.5. The molecule has 0 saturated carbocycles. The van der Waals surface area contributed by atoms with E-state index in [0.29, 0.717) is 35.8 Å². The minimum atomic E-state index is -1.03. The van der Waals surface area contributed by atoms with Crippen molar-refractivity contribution < 1.29 is 19.0 Å². The van der Waals surface area contributed by atoms with E-state index < -0.39 is 6.23 Å². The lowest BCUT2D eigenvalue weighted by Crippen LogP contribution is -2.32. The van der Waals surface area contributed by atoms with Crippen molar-refractivity contribution >= 4 is 5.91 Å². The number of ether oxygens (including phenoxy) is 1. The van der Waals surface area contributed by atoms with Crippen LogP contribution in [0, 0.1) is 11.7 Å². The highest BCUT2D eigenvalue weighted by Crippen LogP contribution is 2.29. The van der Waals surface area contributed by atoms with Crippen LogP contribution >= 0.6 is 0 Å². The number of nitrogens with one attached hydrogen (secondary N) is 2. The molecule has 2 unspecified atom stereocenters. The van der Waals surface area contributed by atoms with Crippen LogP contribution in [-0.4, -0.2) is 32.2 Å². The summed E-state index contributed by atoms with van der Waals surface area (Å²) in [6, 6.07) is 7.42. The van der Waals surface area contributed by atoms with Gasteiger partial charge in [0.25, 0.3) is 5.91 Å². The highest BCUT2D eigenvalue weighted by atomic mass is 19.1. The third-order valence-electron chi connectivity index (χ3n) is 6.07. The largest absolute Gasteiger partial charge is 0.373 e. The Hall–Kier alpha value is -3.14. The molecular formula is C25H30FN5O3. The Morgan fingerprint density at radius 2 is 1.97 bits per heavy atom. The molecule has 0 fully saturated rings. The van der Waals surface area contributed by atoms with Gasteiger partial charge in [-0.05, 0) is 36.6 Å². The molecule has 3 heterocycles. The van der Waals surface area contributed by atoms with Crippen LogP contribution in [0.3, 0.4) is 0 Å². The minimum absolute atomic E-state index is 0.134. The van der Waals surface area contributed by atoms with Gasteiger partial charge in [0.05, 0.1) is 48.1 Å². The molecule has 2 aromatic heterocycles. The first-order valence-electron chi connectivity index (χ1n) is 11.4. The van der Waals surface area contributed by atoms with Crippen LogP contribution in [0.25, 0.3) is 0 Å². The number of aliphatic hydroxyl groups excluding tert-OH is 1. The third kappa shape index (κ3) is 5.16. The normalized spacial score (nSPS) is 16.1. The summed E-state index contributed by atoms with van der Waals surface area (Å²) in [6.45, 7) is 7.20. The number of halogens is 1. The molecule has 4 rings (SSSR count). The predicted octanol–water partition coefficient (Wildman–Crippen LogP) is 3.42. The monoisotopic (exact) mass is 467 g/mol. The topological polar surface area (TPSA) is 101 Å². The van der Waals surface area contributed by atoms with Crippen LogP contribution < -0.4 is 10.6 Å². The highest BCUT2D eigenvalue weighted by molar-refractivity contribution is 5.96. The molecule has 0 bridgehead atoms. The lowest BCUT2D eigenvalue weighted by Gasteiger charge is -2.28. The number of rotatable bonds is 8. The van der Waals surface area contributed by atoms with Gasteiger partial charge in [0, 0.05) is 25.0 Å². The van der Waals surface area contributed by atoms with Crippen molar-refractivity contribution in [3.8, 4) is 0 Å². The Morgan fingerprint density at radius 1 is 1.21 bits per heavy atom. The number of benzene rings is 1. The zero-order chi connectivity index (χ0) is 24.2. The van der Waals surface area contributed by atoms with Gasteiger partial charge in [-0.3, -0.25) is 20.1 Å². The number of hydrogen-bond acceptors (Lipinski definition) is 6. The maximum absolute atomic E-state index is 13.4. The molecule has 1 aromatic carbocycles. The molecular weight excluding hydrogens is 437 g/mol. The summed E-state index contributed by atoms with van der Waals surface area (Å²) in [5, 5.41) is 17.4. The number of carbonyl (C=O) groups excluding carboxylic acids is 1. The second-order valence-electron chi connectivity index (χ2n) is 8.80. The van der Waals surface area contributed by atoms with Crippen molar-refractivity contribution in [1.29, 1.82) is 0 Å². The SMILES string of the molecule is CC(NC(=O)c1cc(C(O)N[C@@H](c2ccc(F)cc2)C(C)C)n2c1COCC2)c1cnccn1. The van der Waals surface area contributed by atoms with E-state index in [1.54, 1.807) is 36.8 Å². The van der Waals surface area contributed by atoms with Crippen LogP contribution in [0.15, 0.2) is 48.9 Å². The van der Waals surface area contributed by atoms with E-state index in [-0.39, 0.29) is 36.3 Å². The first kappa shape index (κ1) is 24.0. The standard InChI is InChI=1S/C25H30FN5O3/c1-15(2)23(17-4-6-18(26)7-5-17)30-25(33)21-12-19(22-14-34-11-10-31(21)22)24(32)29-16(3)20-13-27-8-9-28-20/h4-9,12-13,15-16,23,25,30,33H,10-11,14H2,1-3H3,(H,29,32)/t16?,23-,25?/m1/s1. The summed E-state index contributed by atoms with van der Waals surface area (Å²) < 4.78 is 21.0. The summed E-state index contributed by atoms with van der Waals surface area (Å²) in [4.78, 5) is 21.5. The van der Waals surface area contributed by atoms with E-state index in [1.807, 2.05) is 25.3 Å². The van der Waals surface area contributed by atoms with Gasteiger partial charge in [0.1, 0.15) is 12.0 Å². The van der Waals surface area contributed by atoms with Gasteiger partial charge in [-0.25, -0.2) is 4.39 Å². The van der Waals surface area contributed by atoms with Crippen molar-refractivity contribution in [2.24, 2.45) is 5.92 Å². The van der Waals surface area contributed by atoms with Crippen molar-refractivity contribution in [3.63, 3.8) is 0 Å². The number of amides is 1. The first-order chi connectivity index (χ1) is 16.3. The molecule has 0 radical (unpaired) electrons. The Bertz CT molecular complexity index is 1120. The van der Waals surface area contributed by atoms with Gasteiger partial charge in [0.2, 0.25) is 0 Å². The van der Waals surface area contributed by atoms with Gasteiger partial charge >= 0.3 is 0 Å². The zero-order valence-corrected chi connectivity index (χ0v) is 19.5. The molecule has 1 aliphatic rings. The van der Waals surface area contributed by atoms with Crippen LogP contribution in [0.1, 0.15) is 72.1 Å². The predicted molar refractivity (Wildman–Crippen MR) is 124 cm³/mol. The Labute approximate surface area is 198 Å². The maximum atomic E-state index is 13.4. The van der Waals surface area contributed by atoms with Gasteiger partial charge in [-0.15, -0.1) is 0 Å². The van der Waals surface area contributed by atoms with Crippen LogP contribution in [-0.2, 0) is 17.9 Å². The molecule has 1 aliphatic heterocycles. The van der Waals surface area contributed by atoms with Crippen molar-refractivity contribution in [1.82, 2.24) is 25.2 Å². The first-order valence-corrected chi connectivity index (χ1v) is 11.4. The smallest absolute Gasteiger partial charge is 0.253 e. The minimum Gasteiger partial charge on any atom is -0.373 e. The number of aromatic nitrogens is 3. The Morgan fingerprint density at radius 3 is 2.65 bits per heavy atom. The Kier molecular flexibility index (Phi) is 7.35. The van der Waals surface area contributed by atoms with Gasteiger partial charge in [-0.1, -0.05) is 26.0 Å². The fourth-order valence-electron chi connectivity index (χ4n) is 4.26. The fourth-order valence-corrected chi connectivity index (χ4v) is 4.26. The molecule has 0 aliphatic carbocycles. The average molecular weight is 468 g/mol. The van der Waals surface area contributed by atoms with Crippen LogP contribution in [0.5, 0.6) is 0 Å². The summed E-state index contributed by atoms with van der Waals surface area (Å²) in [5.41, 5.74) is 3.28. The van der Waals surface area contributed by atoms with Crippen molar-refractivity contribution in [3.05, 3.63) is 82.9 Å². The Balaban J connectivity index is 1.58. The molecule has 3 atom stereocenters. The quantitative estimate of drug-likeness (QED) is 0.439. The molecule has 0 spiro atoms. The molecule has 180 valence electrons. The second-order valence-corrected chi connectivity index (χ2v) is 8.80. The average Bonchev–Trinajstić information content (AvgIpc) is 3.23. The molecule has 3 aromatic rings. The fraction of sp³-hybridized carbons (Fsp3) is 0.400. The second kappa shape index (κ2) is 10.4. The van der Waals surface area contributed by atoms with E-state index in [2.05, 4.69) is 20.6 Å². The number of fused-ring (bicyclic) bond motifs is 1. The molecule has 34 heavy (non-hydrogen) atoms. The maximum Gasteiger partial charge on any atom is 0.253 e. The molecule has 8 nitrogen and oxygen atoms in total. The van der Waals surface area contributed by atoms with E-state index in [4.69, 9.17) is 4.74 Å². The van der Waals surface area contributed by atoms with E-state index in [1.165, 1.54) is 12.1 Å². The van der Waals surface area contributed by atoms with Gasteiger partial charge < -0.3 is 19.7 Å². The molecule has 1 amide bonds.